The van der Waals surface area contributed by atoms with Crippen LogP contribution in [0.4, 0.5) is 5.13 Å². The Bertz CT molecular complexity index is 420. The highest BCUT2D eigenvalue weighted by atomic mass is 32.1. The molecule has 1 aromatic rings. The van der Waals surface area contributed by atoms with Gasteiger partial charge in [0.25, 0.3) is 0 Å². The second-order valence-electron chi connectivity index (χ2n) is 6.34. The molecule has 3 rings (SSSR count). The molecule has 0 radical (unpaired) electrons. The van der Waals surface area contributed by atoms with Crippen molar-refractivity contribution >= 4 is 16.5 Å². The van der Waals surface area contributed by atoms with E-state index in [0.717, 1.165) is 19.0 Å². The number of hydrogen-bond acceptors (Lipinski definition) is 5. The third kappa shape index (κ3) is 4.18. The number of hydrogen-bond donors (Lipinski definition) is 1. The topological polar surface area (TPSA) is 31.4 Å². The van der Waals surface area contributed by atoms with Gasteiger partial charge in [-0.05, 0) is 51.2 Å². The summed E-state index contributed by atoms with van der Waals surface area (Å²) in [6.45, 7) is 10.4. The average molecular weight is 308 g/mol. The molecule has 0 saturated carbocycles. The number of piperidine rings is 1. The first-order chi connectivity index (χ1) is 10.3. The maximum atomic E-state index is 4.77. The summed E-state index contributed by atoms with van der Waals surface area (Å²) in [4.78, 5) is 9.92. The summed E-state index contributed by atoms with van der Waals surface area (Å²) in [6, 6.07) is 0. The number of aromatic nitrogens is 1. The number of nitrogens with zero attached hydrogens (tertiary/aromatic N) is 3. The lowest BCUT2D eigenvalue weighted by atomic mass is 9.96. The zero-order valence-corrected chi connectivity index (χ0v) is 14.0. The van der Waals surface area contributed by atoms with Crippen LogP contribution < -0.4 is 10.2 Å². The lowest BCUT2D eigenvalue weighted by molar-refractivity contribution is 0.249. The summed E-state index contributed by atoms with van der Waals surface area (Å²) >= 11 is 1.81. The van der Waals surface area contributed by atoms with Gasteiger partial charge in [-0.1, -0.05) is 6.92 Å². The lowest BCUT2D eigenvalue weighted by Crippen LogP contribution is -2.38. The molecule has 1 aromatic heterocycles. The van der Waals surface area contributed by atoms with E-state index in [2.05, 4.69) is 27.4 Å². The standard InChI is InChI=1S/C16H28N4S/c1-2-17-11-15-13-21-16(18-15)20-9-5-14(6-10-20)12-19-7-3-4-8-19/h13-14,17H,2-12H2,1H3. The molecule has 2 aliphatic rings. The zero-order valence-electron chi connectivity index (χ0n) is 13.2. The molecule has 0 unspecified atom stereocenters. The van der Waals surface area contributed by atoms with Crippen LogP contribution in [0.2, 0.25) is 0 Å². The molecule has 21 heavy (non-hydrogen) atoms. The predicted molar refractivity (Wildman–Crippen MR) is 90.1 cm³/mol. The Morgan fingerprint density at radius 2 is 2.00 bits per heavy atom. The van der Waals surface area contributed by atoms with Gasteiger partial charge in [-0.3, -0.25) is 0 Å². The van der Waals surface area contributed by atoms with Crippen molar-refractivity contribution in [2.24, 2.45) is 5.92 Å². The molecule has 2 fully saturated rings. The molecule has 2 saturated heterocycles. The summed E-state index contributed by atoms with van der Waals surface area (Å²) < 4.78 is 0. The zero-order chi connectivity index (χ0) is 14.5. The van der Waals surface area contributed by atoms with E-state index in [-0.39, 0.29) is 0 Å². The van der Waals surface area contributed by atoms with Crippen LogP contribution in [0, 0.1) is 5.92 Å². The summed E-state index contributed by atoms with van der Waals surface area (Å²) in [5, 5.41) is 6.78. The van der Waals surface area contributed by atoms with Crippen LogP contribution in [-0.2, 0) is 6.54 Å². The first kappa shape index (κ1) is 15.3. The van der Waals surface area contributed by atoms with Crippen LogP contribution in [0.15, 0.2) is 5.38 Å². The molecule has 0 aliphatic carbocycles. The minimum absolute atomic E-state index is 0.901. The van der Waals surface area contributed by atoms with E-state index >= 15 is 0 Å². The van der Waals surface area contributed by atoms with Gasteiger partial charge in [0.05, 0.1) is 5.69 Å². The van der Waals surface area contributed by atoms with Gasteiger partial charge in [0.15, 0.2) is 5.13 Å². The maximum Gasteiger partial charge on any atom is 0.185 e. The third-order valence-corrected chi connectivity index (χ3v) is 5.65. The molecular weight excluding hydrogens is 280 g/mol. The van der Waals surface area contributed by atoms with Crippen LogP contribution in [0.3, 0.4) is 0 Å². The van der Waals surface area contributed by atoms with Crippen molar-refractivity contribution in [3.63, 3.8) is 0 Å². The van der Waals surface area contributed by atoms with Gasteiger partial charge in [-0.25, -0.2) is 4.98 Å². The molecule has 0 spiro atoms. The molecule has 3 heterocycles. The Morgan fingerprint density at radius 3 is 2.71 bits per heavy atom. The fourth-order valence-corrected chi connectivity index (χ4v) is 4.29. The smallest absolute Gasteiger partial charge is 0.185 e. The van der Waals surface area contributed by atoms with Crippen LogP contribution in [-0.4, -0.2) is 49.2 Å². The Labute approximate surface area is 132 Å². The van der Waals surface area contributed by atoms with Gasteiger partial charge in [-0.2, -0.15) is 0 Å². The van der Waals surface area contributed by atoms with E-state index in [4.69, 9.17) is 4.98 Å². The molecular formula is C16H28N4S. The quantitative estimate of drug-likeness (QED) is 0.875. The van der Waals surface area contributed by atoms with E-state index in [1.807, 2.05) is 0 Å². The minimum Gasteiger partial charge on any atom is -0.348 e. The second kappa shape index (κ2) is 7.56. The average Bonchev–Trinajstić information content (AvgIpc) is 3.17. The van der Waals surface area contributed by atoms with Gasteiger partial charge in [0.2, 0.25) is 0 Å². The molecule has 118 valence electrons. The first-order valence-electron chi connectivity index (χ1n) is 8.47. The highest BCUT2D eigenvalue weighted by Crippen LogP contribution is 2.27. The Balaban J connectivity index is 1.45. The van der Waals surface area contributed by atoms with Crippen LogP contribution in [0.1, 0.15) is 38.3 Å². The highest BCUT2D eigenvalue weighted by molar-refractivity contribution is 7.13. The molecule has 5 heteroatoms. The third-order valence-electron chi connectivity index (χ3n) is 4.70. The molecule has 2 aliphatic heterocycles. The summed E-state index contributed by atoms with van der Waals surface area (Å²) in [7, 11) is 0. The second-order valence-corrected chi connectivity index (χ2v) is 7.18. The fourth-order valence-electron chi connectivity index (χ4n) is 3.41. The fraction of sp³-hybridized carbons (Fsp3) is 0.812. The monoisotopic (exact) mass is 308 g/mol. The van der Waals surface area contributed by atoms with Gasteiger partial charge in [-0.15, -0.1) is 11.3 Å². The normalized spacial score (nSPS) is 21.3. The van der Waals surface area contributed by atoms with E-state index in [0.29, 0.717) is 0 Å². The highest BCUT2D eigenvalue weighted by Gasteiger charge is 2.24. The number of nitrogens with one attached hydrogen (secondary N) is 1. The first-order valence-corrected chi connectivity index (χ1v) is 9.35. The van der Waals surface area contributed by atoms with Crippen molar-refractivity contribution in [2.75, 3.05) is 44.2 Å². The van der Waals surface area contributed by atoms with Crippen molar-refractivity contribution < 1.29 is 0 Å². The van der Waals surface area contributed by atoms with Crippen molar-refractivity contribution in [3.8, 4) is 0 Å². The van der Waals surface area contributed by atoms with Gasteiger partial charge >= 0.3 is 0 Å². The lowest BCUT2D eigenvalue weighted by Gasteiger charge is -2.33. The predicted octanol–water partition coefficient (Wildman–Crippen LogP) is 2.56. The van der Waals surface area contributed by atoms with Crippen LogP contribution in [0.5, 0.6) is 0 Å². The Hall–Kier alpha value is -0.650. The molecule has 0 bridgehead atoms. The number of likely N-dealkylation sites (tertiary alicyclic amines) is 1. The van der Waals surface area contributed by atoms with E-state index in [1.165, 1.54) is 69.2 Å². The summed E-state index contributed by atoms with van der Waals surface area (Å²) in [5.74, 6) is 0.903. The van der Waals surface area contributed by atoms with E-state index < -0.39 is 0 Å². The van der Waals surface area contributed by atoms with Crippen LogP contribution >= 0.6 is 11.3 Å². The van der Waals surface area contributed by atoms with Crippen LogP contribution in [0.25, 0.3) is 0 Å². The van der Waals surface area contributed by atoms with Gasteiger partial charge in [0.1, 0.15) is 0 Å². The molecule has 0 atom stereocenters. The van der Waals surface area contributed by atoms with Gasteiger partial charge in [0, 0.05) is 31.6 Å². The van der Waals surface area contributed by atoms with Crippen molar-refractivity contribution in [3.05, 3.63) is 11.1 Å². The van der Waals surface area contributed by atoms with Crippen molar-refractivity contribution in [1.82, 2.24) is 15.2 Å². The number of rotatable bonds is 6. The largest absolute Gasteiger partial charge is 0.348 e. The summed E-state index contributed by atoms with van der Waals surface area (Å²) in [5.41, 5.74) is 1.19. The molecule has 4 nitrogen and oxygen atoms in total. The van der Waals surface area contributed by atoms with E-state index in [9.17, 15) is 0 Å². The maximum absolute atomic E-state index is 4.77. The Kier molecular flexibility index (Phi) is 5.49. The molecule has 0 amide bonds. The SMILES string of the molecule is CCNCc1csc(N2CCC(CN3CCCC3)CC2)n1. The number of thiazole rings is 1. The number of anilines is 1. The summed E-state index contributed by atoms with van der Waals surface area (Å²) in [6.07, 6.45) is 5.48. The molecule has 1 N–H and O–H groups in total. The minimum atomic E-state index is 0.901. The van der Waals surface area contributed by atoms with E-state index in [1.54, 1.807) is 11.3 Å². The Morgan fingerprint density at radius 1 is 1.24 bits per heavy atom. The van der Waals surface area contributed by atoms with Gasteiger partial charge < -0.3 is 15.1 Å². The van der Waals surface area contributed by atoms with Crippen molar-refractivity contribution in [1.29, 1.82) is 0 Å². The molecule has 0 aromatic carbocycles. The van der Waals surface area contributed by atoms with Crippen molar-refractivity contribution in [2.45, 2.75) is 39.2 Å².